The van der Waals surface area contributed by atoms with E-state index in [9.17, 15) is 14.9 Å². The summed E-state index contributed by atoms with van der Waals surface area (Å²) in [6, 6.07) is 11.1. The van der Waals surface area contributed by atoms with Gasteiger partial charge in [-0.2, -0.15) is 0 Å². The molecular formula is C13H8Br2N2O3. The number of anilines is 1. The molecule has 0 aliphatic carbocycles. The molecule has 0 atom stereocenters. The van der Waals surface area contributed by atoms with E-state index in [-0.39, 0.29) is 11.4 Å². The van der Waals surface area contributed by atoms with Gasteiger partial charge in [-0.25, -0.2) is 0 Å². The fourth-order valence-electron chi connectivity index (χ4n) is 1.60. The van der Waals surface area contributed by atoms with Gasteiger partial charge in [0.25, 0.3) is 11.6 Å². The van der Waals surface area contributed by atoms with Gasteiger partial charge in [0.15, 0.2) is 0 Å². The summed E-state index contributed by atoms with van der Waals surface area (Å²) < 4.78 is 1.43. The molecule has 2 aromatic rings. The average molecular weight is 400 g/mol. The predicted octanol–water partition coefficient (Wildman–Crippen LogP) is 4.37. The molecule has 0 fully saturated rings. The second-order valence-electron chi connectivity index (χ2n) is 3.85. The van der Waals surface area contributed by atoms with Crippen LogP contribution in [0.3, 0.4) is 0 Å². The lowest BCUT2D eigenvalue weighted by atomic mass is 10.2. The first-order valence-electron chi connectivity index (χ1n) is 5.49. The number of benzene rings is 2. The van der Waals surface area contributed by atoms with Crippen molar-refractivity contribution in [3.63, 3.8) is 0 Å². The number of nitrogens with zero attached hydrogens (tertiary/aromatic N) is 1. The first-order chi connectivity index (χ1) is 9.49. The Balaban J connectivity index is 2.30. The maximum atomic E-state index is 12.1. The number of carbonyl (C=O) groups is 1. The number of halogens is 2. The number of nitro groups is 1. The minimum absolute atomic E-state index is 0.144. The van der Waals surface area contributed by atoms with E-state index in [0.717, 1.165) is 4.47 Å². The Morgan fingerprint density at radius 1 is 1.15 bits per heavy atom. The molecule has 0 radical (unpaired) electrons. The smallest absolute Gasteiger partial charge is 0.292 e. The Morgan fingerprint density at radius 2 is 1.85 bits per heavy atom. The van der Waals surface area contributed by atoms with Crippen LogP contribution in [0.15, 0.2) is 51.4 Å². The summed E-state index contributed by atoms with van der Waals surface area (Å²) in [4.78, 5) is 22.5. The maximum Gasteiger partial charge on any atom is 0.292 e. The zero-order valence-corrected chi connectivity index (χ0v) is 13.1. The molecule has 0 aliphatic heterocycles. The fraction of sp³-hybridized carbons (Fsp3) is 0. The molecular weight excluding hydrogens is 392 g/mol. The lowest BCUT2D eigenvalue weighted by Gasteiger charge is -2.07. The third-order valence-corrected chi connectivity index (χ3v) is 3.67. The maximum absolute atomic E-state index is 12.1. The second-order valence-corrected chi connectivity index (χ2v) is 5.62. The van der Waals surface area contributed by atoms with Crippen molar-refractivity contribution in [2.75, 3.05) is 5.32 Å². The largest absolute Gasteiger partial charge is 0.316 e. The SMILES string of the molecule is O=C(Nc1ccccc1[N+](=O)[O-])c1ccc(Br)cc1Br. The second kappa shape index (κ2) is 6.15. The molecule has 5 nitrogen and oxygen atoms in total. The molecule has 0 aromatic heterocycles. The molecule has 0 bridgehead atoms. The Kier molecular flexibility index (Phi) is 4.51. The molecule has 1 amide bonds. The summed E-state index contributed by atoms with van der Waals surface area (Å²) in [5.41, 5.74) is 0.415. The van der Waals surface area contributed by atoms with Gasteiger partial charge in [0.2, 0.25) is 0 Å². The van der Waals surface area contributed by atoms with Gasteiger partial charge in [-0.3, -0.25) is 14.9 Å². The summed E-state index contributed by atoms with van der Waals surface area (Å²) >= 11 is 6.58. The standard InChI is InChI=1S/C13H8Br2N2O3/c14-8-5-6-9(10(15)7-8)13(18)16-11-3-1-2-4-12(11)17(19)20/h1-7H,(H,16,18). The van der Waals surface area contributed by atoms with Crippen molar-refractivity contribution in [2.45, 2.75) is 0 Å². The number of hydrogen-bond donors (Lipinski definition) is 1. The topological polar surface area (TPSA) is 72.2 Å². The van der Waals surface area contributed by atoms with E-state index in [2.05, 4.69) is 37.2 Å². The van der Waals surface area contributed by atoms with E-state index in [4.69, 9.17) is 0 Å². The number of nitro benzene ring substituents is 1. The normalized spacial score (nSPS) is 10.1. The van der Waals surface area contributed by atoms with Gasteiger partial charge in [0, 0.05) is 15.0 Å². The van der Waals surface area contributed by atoms with Crippen LogP contribution in [0.2, 0.25) is 0 Å². The van der Waals surface area contributed by atoms with E-state index in [1.807, 2.05) is 0 Å². The van der Waals surface area contributed by atoms with E-state index < -0.39 is 10.8 Å². The molecule has 0 saturated heterocycles. The van der Waals surface area contributed by atoms with Crippen molar-refractivity contribution in [1.82, 2.24) is 0 Å². The summed E-state index contributed by atoms with van der Waals surface area (Å²) in [7, 11) is 0. The molecule has 20 heavy (non-hydrogen) atoms. The minimum Gasteiger partial charge on any atom is -0.316 e. The highest BCUT2D eigenvalue weighted by Crippen LogP contribution is 2.26. The van der Waals surface area contributed by atoms with Crippen molar-refractivity contribution in [3.8, 4) is 0 Å². The number of nitrogens with one attached hydrogen (secondary N) is 1. The number of amides is 1. The van der Waals surface area contributed by atoms with Crippen LogP contribution in [-0.2, 0) is 0 Å². The molecule has 1 N–H and O–H groups in total. The molecule has 102 valence electrons. The van der Waals surface area contributed by atoms with Crippen molar-refractivity contribution in [2.24, 2.45) is 0 Å². The third-order valence-electron chi connectivity index (χ3n) is 2.52. The zero-order valence-electron chi connectivity index (χ0n) is 9.97. The van der Waals surface area contributed by atoms with Crippen LogP contribution < -0.4 is 5.32 Å². The highest BCUT2D eigenvalue weighted by Gasteiger charge is 2.17. The highest BCUT2D eigenvalue weighted by molar-refractivity contribution is 9.11. The fourth-order valence-corrected chi connectivity index (χ4v) is 2.83. The van der Waals surface area contributed by atoms with Gasteiger partial charge >= 0.3 is 0 Å². The van der Waals surface area contributed by atoms with Gasteiger partial charge in [-0.1, -0.05) is 28.1 Å². The quantitative estimate of drug-likeness (QED) is 0.615. The molecule has 7 heteroatoms. The van der Waals surface area contributed by atoms with Crippen molar-refractivity contribution >= 4 is 49.1 Å². The summed E-state index contributed by atoms with van der Waals surface area (Å²) in [5, 5.41) is 13.4. The van der Waals surface area contributed by atoms with Crippen LogP contribution in [0.5, 0.6) is 0 Å². The van der Waals surface area contributed by atoms with E-state index in [0.29, 0.717) is 10.0 Å². The predicted molar refractivity (Wildman–Crippen MR) is 82.9 cm³/mol. The number of hydrogen-bond acceptors (Lipinski definition) is 3. The van der Waals surface area contributed by atoms with Crippen LogP contribution in [-0.4, -0.2) is 10.8 Å². The van der Waals surface area contributed by atoms with Crippen molar-refractivity contribution in [3.05, 3.63) is 67.1 Å². The Bertz CT molecular complexity index is 689. The van der Waals surface area contributed by atoms with E-state index in [1.54, 1.807) is 30.3 Å². The molecule has 2 rings (SSSR count). The number of para-hydroxylation sites is 2. The van der Waals surface area contributed by atoms with Gasteiger partial charge in [0.05, 0.1) is 10.5 Å². The molecule has 0 unspecified atom stereocenters. The van der Waals surface area contributed by atoms with Gasteiger partial charge in [-0.15, -0.1) is 0 Å². The summed E-state index contributed by atoms with van der Waals surface area (Å²) in [6.07, 6.45) is 0. The van der Waals surface area contributed by atoms with Gasteiger partial charge in [0.1, 0.15) is 5.69 Å². The molecule has 0 saturated carbocycles. The van der Waals surface area contributed by atoms with Crippen LogP contribution in [0.1, 0.15) is 10.4 Å². The lowest BCUT2D eigenvalue weighted by molar-refractivity contribution is -0.383. The van der Waals surface area contributed by atoms with Crippen LogP contribution in [0.25, 0.3) is 0 Å². The summed E-state index contributed by atoms with van der Waals surface area (Å²) in [5.74, 6) is -0.418. The molecule has 0 aliphatic rings. The van der Waals surface area contributed by atoms with E-state index >= 15 is 0 Å². The molecule has 0 heterocycles. The number of carbonyl (C=O) groups excluding carboxylic acids is 1. The lowest BCUT2D eigenvalue weighted by Crippen LogP contribution is -2.13. The zero-order chi connectivity index (χ0) is 14.7. The first-order valence-corrected chi connectivity index (χ1v) is 7.07. The average Bonchev–Trinajstić information content (AvgIpc) is 2.38. The Morgan fingerprint density at radius 3 is 2.50 bits per heavy atom. The van der Waals surface area contributed by atoms with Crippen molar-refractivity contribution in [1.29, 1.82) is 0 Å². The first kappa shape index (κ1) is 14.7. The Labute approximate surface area is 131 Å². The molecule has 2 aromatic carbocycles. The van der Waals surface area contributed by atoms with Crippen LogP contribution in [0.4, 0.5) is 11.4 Å². The number of rotatable bonds is 3. The Hall–Kier alpha value is -1.73. The minimum atomic E-state index is -0.535. The summed E-state index contributed by atoms with van der Waals surface area (Å²) in [6.45, 7) is 0. The van der Waals surface area contributed by atoms with Crippen LogP contribution in [0, 0.1) is 10.1 Å². The van der Waals surface area contributed by atoms with Gasteiger partial charge in [-0.05, 0) is 40.2 Å². The molecule has 0 spiro atoms. The highest BCUT2D eigenvalue weighted by atomic mass is 79.9. The van der Waals surface area contributed by atoms with Crippen molar-refractivity contribution < 1.29 is 9.72 Å². The van der Waals surface area contributed by atoms with Gasteiger partial charge < -0.3 is 5.32 Å². The van der Waals surface area contributed by atoms with E-state index in [1.165, 1.54) is 12.1 Å². The monoisotopic (exact) mass is 398 g/mol. The van der Waals surface area contributed by atoms with Crippen LogP contribution >= 0.6 is 31.9 Å². The third kappa shape index (κ3) is 3.23.